The topological polar surface area (TPSA) is 93.9 Å². The average Bonchev–Trinajstić information content (AvgIpc) is 2.72. The highest BCUT2D eigenvalue weighted by Gasteiger charge is 2.10. The molecule has 0 aliphatic rings. The summed E-state index contributed by atoms with van der Waals surface area (Å²) in [6.07, 6.45) is 1.20. The molecule has 2 aromatic carbocycles. The normalized spacial score (nSPS) is 11.7. The van der Waals surface area contributed by atoms with Gasteiger partial charge >= 0.3 is 0 Å². The van der Waals surface area contributed by atoms with Gasteiger partial charge < -0.3 is 24.4 Å². The lowest BCUT2D eigenvalue weighted by molar-refractivity contribution is 0.129. The number of aromatic nitrogens is 2. The van der Waals surface area contributed by atoms with Gasteiger partial charge in [-0.1, -0.05) is 12.1 Å². The highest BCUT2D eigenvalue weighted by atomic mass is 16.5. The molecule has 0 fully saturated rings. The lowest BCUT2D eigenvalue weighted by Crippen LogP contribution is -2.16. The fourth-order valence-corrected chi connectivity index (χ4v) is 2.49. The van der Waals surface area contributed by atoms with Crippen LogP contribution in [0.2, 0.25) is 0 Å². The molecule has 146 valence electrons. The molecule has 2 N–H and O–H groups in total. The minimum atomic E-state index is -0.394. The zero-order valence-corrected chi connectivity index (χ0v) is 15.7. The van der Waals surface area contributed by atoms with Gasteiger partial charge in [0.05, 0.1) is 13.7 Å². The molecule has 1 atom stereocenters. The number of methoxy groups -OCH3 is 1. The van der Waals surface area contributed by atoms with Crippen LogP contribution in [0.1, 0.15) is 12.5 Å². The van der Waals surface area contributed by atoms with E-state index in [1.165, 1.54) is 6.07 Å². The van der Waals surface area contributed by atoms with Gasteiger partial charge in [-0.25, -0.2) is 4.98 Å². The van der Waals surface area contributed by atoms with E-state index in [1.54, 1.807) is 38.4 Å². The van der Waals surface area contributed by atoms with Crippen LogP contribution in [0, 0.1) is 0 Å². The highest BCUT2D eigenvalue weighted by Crippen LogP contribution is 2.28. The average molecular weight is 382 g/mol. The van der Waals surface area contributed by atoms with Crippen molar-refractivity contribution in [2.24, 2.45) is 0 Å². The van der Waals surface area contributed by atoms with Crippen LogP contribution in [0.4, 0.5) is 0 Å². The molecule has 1 aromatic heterocycles. The second-order valence-corrected chi connectivity index (χ2v) is 6.18. The maximum Gasteiger partial charge on any atom is 0.217 e. The molecule has 1 heterocycles. The second kappa shape index (κ2) is 9.05. The van der Waals surface area contributed by atoms with Crippen molar-refractivity contribution in [2.75, 3.05) is 13.7 Å². The lowest BCUT2D eigenvalue weighted by atomic mass is 10.2. The van der Waals surface area contributed by atoms with E-state index in [2.05, 4.69) is 9.97 Å². The first kappa shape index (κ1) is 19.4. The zero-order valence-electron chi connectivity index (χ0n) is 15.7. The van der Waals surface area contributed by atoms with Gasteiger partial charge in [0.15, 0.2) is 5.82 Å². The standard InChI is InChI=1S/C21H22N2O5/c1-14(12-24)28-19-10-16(9-17(25)11-19)21-22-8-7-20(23-21)27-13-15-3-5-18(26-2)6-4-15/h3-11,14,24-25H,12-13H2,1-2H3/t14-/m0/s1. The summed E-state index contributed by atoms with van der Waals surface area (Å²) in [7, 11) is 1.62. The first-order valence-electron chi connectivity index (χ1n) is 8.78. The molecular weight excluding hydrogens is 360 g/mol. The van der Waals surface area contributed by atoms with E-state index in [1.807, 2.05) is 24.3 Å². The Hall–Kier alpha value is -3.32. The van der Waals surface area contributed by atoms with Crippen molar-refractivity contribution in [1.82, 2.24) is 9.97 Å². The van der Waals surface area contributed by atoms with E-state index in [4.69, 9.17) is 19.3 Å². The predicted molar refractivity (Wildman–Crippen MR) is 104 cm³/mol. The summed E-state index contributed by atoms with van der Waals surface area (Å²) in [5.74, 6) is 2.03. The molecule has 0 unspecified atom stereocenters. The second-order valence-electron chi connectivity index (χ2n) is 6.18. The van der Waals surface area contributed by atoms with Gasteiger partial charge in [-0.05, 0) is 36.8 Å². The van der Waals surface area contributed by atoms with Crippen molar-refractivity contribution < 1.29 is 24.4 Å². The van der Waals surface area contributed by atoms with Crippen LogP contribution in [-0.4, -0.2) is 40.0 Å². The number of phenolic OH excluding ortho intramolecular Hbond substituents is 1. The summed E-state index contributed by atoms with van der Waals surface area (Å²) < 4.78 is 16.4. The molecule has 3 aromatic rings. The van der Waals surface area contributed by atoms with Crippen molar-refractivity contribution in [2.45, 2.75) is 19.6 Å². The molecule has 0 saturated heterocycles. The number of phenols is 1. The van der Waals surface area contributed by atoms with E-state index in [0.29, 0.717) is 29.6 Å². The van der Waals surface area contributed by atoms with Crippen LogP contribution in [-0.2, 0) is 6.61 Å². The Morgan fingerprint density at radius 3 is 2.54 bits per heavy atom. The molecule has 0 aliphatic carbocycles. The number of hydrogen-bond acceptors (Lipinski definition) is 7. The van der Waals surface area contributed by atoms with Gasteiger partial charge in [0.25, 0.3) is 0 Å². The van der Waals surface area contributed by atoms with E-state index in [0.717, 1.165) is 11.3 Å². The summed E-state index contributed by atoms with van der Waals surface area (Å²) in [5.41, 5.74) is 1.56. The van der Waals surface area contributed by atoms with Crippen LogP contribution in [0.25, 0.3) is 11.4 Å². The molecule has 3 rings (SSSR count). The van der Waals surface area contributed by atoms with Crippen LogP contribution in [0.15, 0.2) is 54.7 Å². The van der Waals surface area contributed by atoms with Crippen molar-refractivity contribution in [3.05, 3.63) is 60.3 Å². The van der Waals surface area contributed by atoms with Gasteiger partial charge in [-0.2, -0.15) is 4.98 Å². The van der Waals surface area contributed by atoms with Gasteiger partial charge in [0.1, 0.15) is 30.0 Å². The Balaban J connectivity index is 1.75. The van der Waals surface area contributed by atoms with Crippen LogP contribution < -0.4 is 14.2 Å². The number of hydrogen-bond donors (Lipinski definition) is 2. The third-order valence-corrected chi connectivity index (χ3v) is 3.92. The van der Waals surface area contributed by atoms with Gasteiger partial charge in [0.2, 0.25) is 5.88 Å². The third-order valence-electron chi connectivity index (χ3n) is 3.92. The maximum absolute atomic E-state index is 9.97. The third kappa shape index (κ3) is 5.11. The summed E-state index contributed by atoms with van der Waals surface area (Å²) in [4.78, 5) is 8.64. The van der Waals surface area contributed by atoms with Crippen molar-refractivity contribution in [3.63, 3.8) is 0 Å². The predicted octanol–water partition coefficient (Wildman–Crippen LogP) is 3.20. The Labute approximate surface area is 163 Å². The molecule has 0 spiro atoms. The molecular formula is C21H22N2O5. The minimum absolute atomic E-state index is 0.0193. The molecule has 0 aliphatic heterocycles. The van der Waals surface area contributed by atoms with E-state index in [9.17, 15) is 5.11 Å². The summed E-state index contributed by atoms with van der Waals surface area (Å²) in [6, 6.07) is 14.0. The van der Waals surface area contributed by atoms with Crippen LogP contribution >= 0.6 is 0 Å². The molecule has 0 radical (unpaired) electrons. The van der Waals surface area contributed by atoms with E-state index < -0.39 is 6.10 Å². The number of benzene rings is 2. The zero-order chi connectivity index (χ0) is 19.9. The summed E-state index contributed by atoms with van der Waals surface area (Å²) in [5, 5.41) is 19.1. The van der Waals surface area contributed by atoms with Crippen LogP contribution in [0.3, 0.4) is 0 Å². The monoisotopic (exact) mass is 382 g/mol. The van der Waals surface area contributed by atoms with Gasteiger partial charge in [-0.15, -0.1) is 0 Å². The smallest absolute Gasteiger partial charge is 0.217 e. The molecule has 0 amide bonds. The quantitative estimate of drug-likeness (QED) is 0.618. The Kier molecular flexibility index (Phi) is 6.29. The summed E-state index contributed by atoms with van der Waals surface area (Å²) in [6.45, 7) is 1.95. The molecule has 7 heteroatoms. The van der Waals surface area contributed by atoms with Crippen LogP contribution in [0.5, 0.6) is 23.1 Å². The SMILES string of the molecule is COc1ccc(COc2ccnc(-c3cc(O)cc(O[C@@H](C)CO)c3)n2)cc1. The number of aliphatic hydroxyl groups is 1. The largest absolute Gasteiger partial charge is 0.508 e. The highest BCUT2D eigenvalue weighted by molar-refractivity contribution is 5.60. The number of aromatic hydroxyl groups is 1. The minimum Gasteiger partial charge on any atom is -0.508 e. The molecule has 7 nitrogen and oxygen atoms in total. The molecule has 0 bridgehead atoms. The number of aliphatic hydroxyl groups excluding tert-OH is 1. The first-order valence-corrected chi connectivity index (χ1v) is 8.78. The Morgan fingerprint density at radius 1 is 1.04 bits per heavy atom. The van der Waals surface area contributed by atoms with Crippen molar-refractivity contribution >= 4 is 0 Å². The number of rotatable bonds is 8. The molecule has 0 saturated carbocycles. The van der Waals surface area contributed by atoms with E-state index >= 15 is 0 Å². The number of ether oxygens (including phenoxy) is 3. The fraction of sp³-hybridized carbons (Fsp3) is 0.238. The summed E-state index contributed by atoms with van der Waals surface area (Å²) >= 11 is 0. The fourth-order valence-electron chi connectivity index (χ4n) is 2.49. The van der Waals surface area contributed by atoms with Gasteiger partial charge in [0, 0.05) is 23.9 Å². The molecule has 28 heavy (non-hydrogen) atoms. The van der Waals surface area contributed by atoms with Crippen molar-refractivity contribution in [3.8, 4) is 34.5 Å². The van der Waals surface area contributed by atoms with Crippen molar-refractivity contribution in [1.29, 1.82) is 0 Å². The maximum atomic E-state index is 9.97. The first-order chi connectivity index (χ1) is 13.6. The Morgan fingerprint density at radius 2 is 1.82 bits per heavy atom. The number of nitrogens with zero attached hydrogens (tertiary/aromatic N) is 2. The Bertz CT molecular complexity index is 915. The van der Waals surface area contributed by atoms with E-state index in [-0.39, 0.29) is 12.4 Å². The van der Waals surface area contributed by atoms with Gasteiger partial charge in [-0.3, -0.25) is 0 Å². The lowest BCUT2D eigenvalue weighted by Gasteiger charge is -2.13.